The first kappa shape index (κ1) is 22.0. The lowest BCUT2D eigenvalue weighted by atomic mass is 9.88. The monoisotopic (exact) mass is 419 g/mol. The first-order chi connectivity index (χ1) is 13.0. The zero-order valence-corrected chi connectivity index (χ0v) is 16.2. The molecule has 1 heterocycles. The zero-order chi connectivity index (χ0) is 21.1. The molecule has 0 aliphatic carbocycles. The fourth-order valence-electron chi connectivity index (χ4n) is 3.30. The van der Waals surface area contributed by atoms with Crippen LogP contribution in [0.1, 0.15) is 45.1 Å². The highest BCUT2D eigenvalue weighted by atomic mass is 35.5. The van der Waals surface area contributed by atoms with Gasteiger partial charge in [0.05, 0.1) is 10.6 Å². The van der Waals surface area contributed by atoms with Crippen LogP contribution in [0.4, 0.5) is 23.7 Å². The zero-order valence-electron chi connectivity index (χ0n) is 15.5. The Kier molecular flexibility index (Phi) is 6.59. The third kappa shape index (κ3) is 4.57. The number of rotatable bonds is 7. The van der Waals surface area contributed by atoms with E-state index in [0.717, 1.165) is 11.0 Å². The molecule has 0 saturated carbocycles. The molecule has 1 saturated heterocycles. The second-order valence-corrected chi connectivity index (χ2v) is 7.05. The summed E-state index contributed by atoms with van der Waals surface area (Å²) in [6.45, 7) is 3.17. The highest BCUT2D eigenvalue weighted by molar-refractivity contribution is 6.31. The average Bonchev–Trinajstić information content (AvgIpc) is 2.81. The van der Waals surface area contributed by atoms with E-state index in [1.807, 2.05) is 13.8 Å². The fourth-order valence-corrected chi connectivity index (χ4v) is 3.53. The number of hydrogen-bond acceptors (Lipinski definition) is 3. The molecule has 0 bridgehead atoms. The minimum absolute atomic E-state index is 0.137. The Morgan fingerprint density at radius 3 is 2.36 bits per heavy atom. The maximum atomic E-state index is 12.9. The summed E-state index contributed by atoms with van der Waals surface area (Å²) in [4.78, 5) is 38.0. The molecule has 1 aromatic rings. The molecule has 4 amide bonds. The molecule has 1 fully saturated rings. The van der Waals surface area contributed by atoms with Crippen LogP contribution >= 0.6 is 11.6 Å². The Balaban J connectivity index is 2.13. The average molecular weight is 420 g/mol. The summed E-state index contributed by atoms with van der Waals surface area (Å²) in [6, 6.07) is 2.24. The topological polar surface area (TPSA) is 78.5 Å². The SMILES string of the molecule is CCCC1(CCC)NC(=O)N(CC(=O)Nc2ccc(Cl)c(C(F)(F)F)c2)C1=O. The van der Waals surface area contributed by atoms with Gasteiger partial charge in [-0.2, -0.15) is 13.2 Å². The van der Waals surface area contributed by atoms with E-state index < -0.39 is 46.7 Å². The molecule has 0 atom stereocenters. The van der Waals surface area contributed by atoms with E-state index in [1.165, 1.54) is 6.07 Å². The van der Waals surface area contributed by atoms with Crippen molar-refractivity contribution >= 4 is 35.1 Å². The van der Waals surface area contributed by atoms with E-state index in [4.69, 9.17) is 11.6 Å². The van der Waals surface area contributed by atoms with Gasteiger partial charge in [0.1, 0.15) is 12.1 Å². The molecule has 10 heteroatoms. The van der Waals surface area contributed by atoms with E-state index >= 15 is 0 Å². The maximum absolute atomic E-state index is 12.9. The van der Waals surface area contributed by atoms with Crippen LogP contribution in [0.3, 0.4) is 0 Å². The first-order valence-corrected chi connectivity index (χ1v) is 9.22. The second kappa shape index (κ2) is 8.38. The number of hydrogen-bond donors (Lipinski definition) is 2. The quantitative estimate of drug-likeness (QED) is 0.650. The maximum Gasteiger partial charge on any atom is 0.417 e. The van der Waals surface area contributed by atoms with Crippen molar-refractivity contribution in [2.75, 3.05) is 11.9 Å². The van der Waals surface area contributed by atoms with Crippen LogP contribution in [0.15, 0.2) is 18.2 Å². The van der Waals surface area contributed by atoms with Crippen molar-refractivity contribution in [3.63, 3.8) is 0 Å². The smallest absolute Gasteiger partial charge is 0.325 e. The summed E-state index contributed by atoms with van der Waals surface area (Å²) in [5.74, 6) is -1.29. The molecule has 6 nitrogen and oxygen atoms in total. The Bertz CT molecular complexity index is 777. The number of carbonyl (C=O) groups excluding carboxylic acids is 3. The molecule has 28 heavy (non-hydrogen) atoms. The molecule has 1 aliphatic rings. The van der Waals surface area contributed by atoms with Crippen LogP contribution in [-0.2, 0) is 15.8 Å². The van der Waals surface area contributed by atoms with Crippen molar-refractivity contribution in [1.82, 2.24) is 10.2 Å². The van der Waals surface area contributed by atoms with E-state index in [0.29, 0.717) is 31.7 Å². The predicted molar refractivity (Wildman–Crippen MR) is 97.9 cm³/mol. The summed E-state index contributed by atoms with van der Waals surface area (Å²) < 4.78 is 38.8. The number of nitrogens with zero attached hydrogens (tertiary/aromatic N) is 1. The number of amides is 4. The molecule has 154 valence electrons. The number of alkyl halides is 3. The van der Waals surface area contributed by atoms with Gasteiger partial charge in [-0.1, -0.05) is 38.3 Å². The molecule has 1 aliphatic heterocycles. The molecule has 2 N–H and O–H groups in total. The van der Waals surface area contributed by atoms with Crippen LogP contribution in [0.5, 0.6) is 0 Å². The van der Waals surface area contributed by atoms with Crippen LogP contribution < -0.4 is 10.6 Å². The van der Waals surface area contributed by atoms with Crippen molar-refractivity contribution in [2.45, 2.75) is 51.2 Å². The van der Waals surface area contributed by atoms with Gasteiger partial charge in [-0.05, 0) is 31.0 Å². The number of anilines is 1. The minimum Gasteiger partial charge on any atom is -0.325 e. The van der Waals surface area contributed by atoms with E-state index in [9.17, 15) is 27.6 Å². The Labute approximate surface area is 165 Å². The van der Waals surface area contributed by atoms with Crippen molar-refractivity contribution in [1.29, 1.82) is 0 Å². The second-order valence-electron chi connectivity index (χ2n) is 6.64. The molecular formula is C18H21ClF3N3O3. The number of imide groups is 1. The largest absolute Gasteiger partial charge is 0.417 e. The lowest BCUT2D eigenvalue weighted by Gasteiger charge is -2.25. The summed E-state index contributed by atoms with van der Waals surface area (Å²) in [5.41, 5.74) is -2.26. The van der Waals surface area contributed by atoms with Crippen LogP contribution in [0.25, 0.3) is 0 Å². The van der Waals surface area contributed by atoms with Gasteiger partial charge in [0.25, 0.3) is 5.91 Å². The highest BCUT2D eigenvalue weighted by Gasteiger charge is 2.50. The number of carbonyl (C=O) groups is 3. The van der Waals surface area contributed by atoms with Crippen LogP contribution in [-0.4, -0.2) is 34.8 Å². The van der Waals surface area contributed by atoms with E-state index in [2.05, 4.69) is 10.6 Å². The Morgan fingerprint density at radius 1 is 1.21 bits per heavy atom. The molecule has 1 aromatic carbocycles. The summed E-state index contributed by atoms with van der Waals surface area (Å²) in [7, 11) is 0. The van der Waals surface area contributed by atoms with Crippen molar-refractivity contribution in [2.24, 2.45) is 0 Å². The van der Waals surface area contributed by atoms with Crippen LogP contribution in [0.2, 0.25) is 5.02 Å². The highest BCUT2D eigenvalue weighted by Crippen LogP contribution is 2.36. The normalized spacial score (nSPS) is 16.3. The molecule has 0 spiro atoms. The fraction of sp³-hybridized carbons (Fsp3) is 0.500. The van der Waals surface area contributed by atoms with Gasteiger partial charge < -0.3 is 10.6 Å². The third-order valence-corrected chi connectivity index (χ3v) is 4.79. The molecule has 0 aromatic heterocycles. The molecule has 0 unspecified atom stereocenters. The van der Waals surface area contributed by atoms with Crippen molar-refractivity contribution in [3.05, 3.63) is 28.8 Å². The lowest BCUT2D eigenvalue weighted by molar-refractivity contribution is -0.137. The van der Waals surface area contributed by atoms with E-state index in [1.54, 1.807) is 0 Å². The summed E-state index contributed by atoms with van der Waals surface area (Å²) in [6.07, 6.45) is -2.47. The summed E-state index contributed by atoms with van der Waals surface area (Å²) in [5, 5.41) is 4.44. The molecule has 0 radical (unpaired) electrons. The Morgan fingerprint density at radius 2 is 1.82 bits per heavy atom. The number of nitrogens with one attached hydrogen (secondary N) is 2. The van der Waals surface area contributed by atoms with Gasteiger partial charge in [0.2, 0.25) is 5.91 Å². The van der Waals surface area contributed by atoms with Gasteiger partial charge in [-0.15, -0.1) is 0 Å². The number of benzene rings is 1. The summed E-state index contributed by atoms with van der Waals surface area (Å²) >= 11 is 5.55. The van der Waals surface area contributed by atoms with Gasteiger partial charge >= 0.3 is 12.2 Å². The lowest BCUT2D eigenvalue weighted by Crippen LogP contribution is -2.47. The van der Waals surface area contributed by atoms with Gasteiger partial charge in [-0.25, -0.2) is 4.79 Å². The predicted octanol–water partition coefficient (Wildman–Crippen LogP) is 4.19. The third-order valence-electron chi connectivity index (χ3n) is 4.46. The minimum atomic E-state index is -4.68. The first-order valence-electron chi connectivity index (χ1n) is 8.84. The standard InChI is InChI=1S/C18H21ClF3N3O3/c1-3-7-17(8-4-2)15(27)25(16(28)24-17)10-14(26)23-11-5-6-13(19)12(9-11)18(20,21)22/h5-6,9H,3-4,7-8,10H2,1-2H3,(H,23,26)(H,24,28). The number of urea groups is 1. The van der Waals surface area contributed by atoms with Gasteiger partial charge in [0.15, 0.2) is 0 Å². The van der Waals surface area contributed by atoms with Crippen LogP contribution in [0, 0.1) is 0 Å². The van der Waals surface area contributed by atoms with Crippen molar-refractivity contribution in [3.8, 4) is 0 Å². The molecular weight excluding hydrogens is 399 g/mol. The van der Waals surface area contributed by atoms with Crippen molar-refractivity contribution < 1.29 is 27.6 Å². The van der Waals surface area contributed by atoms with Gasteiger partial charge in [-0.3, -0.25) is 14.5 Å². The van der Waals surface area contributed by atoms with Gasteiger partial charge in [0, 0.05) is 5.69 Å². The van der Waals surface area contributed by atoms with E-state index in [-0.39, 0.29) is 5.69 Å². The Hall–Kier alpha value is -2.29. The molecule has 2 rings (SSSR count). The number of halogens is 4.